The van der Waals surface area contributed by atoms with E-state index in [1.807, 2.05) is 24.3 Å². The van der Waals surface area contributed by atoms with Crippen LogP contribution in [-0.4, -0.2) is 9.55 Å². The van der Waals surface area contributed by atoms with Crippen molar-refractivity contribution in [3.05, 3.63) is 105 Å². The van der Waals surface area contributed by atoms with Crippen LogP contribution < -0.4 is 10.3 Å². The van der Waals surface area contributed by atoms with Crippen molar-refractivity contribution in [3.8, 4) is 5.75 Å². The van der Waals surface area contributed by atoms with Crippen LogP contribution in [0.25, 0.3) is 10.8 Å². The van der Waals surface area contributed by atoms with Gasteiger partial charge >= 0.3 is 0 Å². The predicted octanol–water partition coefficient (Wildman–Crippen LogP) is 4.96. The highest BCUT2D eigenvalue weighted by molar-refractivity contribution is 6.31. The number of hydrogen-bond acceptors (Lipinski definition) is 3. The van der Waals surface area contributed by atoms with Gasteiger partial charge in [-0.25, -0.2) is 8.78 Å². The summed E-state index contributed by atoms with van der Waals surface area (Å²) in [6, 6.07) is 12.4. The summed E-state index contributed by atoms with van der Waals surface area (Å²) < 4.78 is 33.7. The van der Waals surface area contributed by atoms with Gasteiger partial charge in [-0.15, -0.1) is 0 Å². The van der Waals surface area contributed by atoms with E-state index in [0.29, 0.717) is 6.54 Å². The van der Waals surface area contributed by atoms with Crippen molar-refractivity contribution in [2.45, 2.75) is 13.2 Å². The van der Waals surface area contributed by atoms with E-state index in [9.17, 15) is 13.6 Å². The second-order valence-electron chi connectivity index (χ2n) is 6.47. The van der Waals surface area contributed by atoms with Crippen LogP contribution in [0, 0.1) is 11.6 Å². The molecule has 0 radical (unpaired) electrons. The fraction of sp³-hybridized carbons (Fsp3) is 0.0909. The van der Waals surface area contributed by atoms with Crippen LogP contribution in [0.15, 0.2) is 71.9 Å². The van der Waals surface area contributed by atoms with Gasteiger partial charge in [0, 0.05) is 35.6 Å². The Hall–Kier alpha value is -3.25. The van der Waals surface area contributed by atoms with E-state index in [2.05, 4.69) is 4.98 Å². The molecule has 0 aliphatic rings. The van der Waals surface area contributed by atoms with Crippen molar-refractivity contribution >= 4 is 22.4 Å². The molecule has 7 heteroatoms. The number of ether oxygens (including phenoxy) is 1. The number of nitrogens with zero attached hydrogens (tertiary/aromatic N) is 2. The molecular formula is C22H15ClF2N2O2. The minimum Gasteiger partial charge on any atom is -0.487 e. The Kier molecular flexibility index (Phi) is 5.27. The van der Waals surface area contributed by atoms with Gasteiger partial charge in [-0.3, -0.25) is 9.78 Å². The van der Waals surface area contributed by atoms with Gasteiger partial charge in [0.2, 0.25) is 0 Å². The Balaban J connectivity index is 1.58. The number of fused-ring (bicyclic) bond motifs is 1. The summed E-state index contributed by atoms with van der Waals surface area (Å²) in [5, 5.41) is 1.87. The molecule has 4 aromatic rings. The van der Waals surface area contributed by atoms with Crippen LogP contribution >= 0.6 is 11.6 Å². The first-order valence-corrected chi connectivity index (χ1v) is 9.18. The van der Waals surface area contributed by atoms with E-state index < -0.39 is 17.2 Å². The maximum absolute atomic E-state index is 13.7. The number of benzene rings is 2. The second kappa shape index (κ2) is 8.01. The standard InChI is InChI=1S/C22H15ClF2N2O2/c23-21-20(29-13-16-4-5-17(24)10-19(16)25)7-9-27(22(21)28)12-15-3-1-2-14-11-26-8-6-18(14)15/h1-11H,12-13H2. The van der Waals surface area contributed by atoms with Crippen molar-refractivity contribution < 1.29 is 13.5 Å². The average molecular weight is 413 g/mol. The highest BCUT2D eigenvalue weighted by atomic mass is 35.5. The number of rotatable bonds is 5. The number of halogens is 3. The Bertz CT molecular complexity index is 1250. The normalized spacial score (nSPS) is 11.0. The Morgan fingerprint density at radius 1 is 1.07 bits per heavy atom. The molecule has 4 rings (SSSR count). The predicted molar refractivity (Wildman–Crippen MR) is 107 cm³/mol. The quantitative estimate of drug-likeness (QED) is 0.465. The number of hydrogen-bond donors (Lipinski definition) is 0. The van der Waals surface area contributed by atoms with Gasteiger partial charge in [-0.2, -0.15) is 0 Å². The van der Waals surface area contributed by atoms with Crippen molar-refractivity contribution in [2.75, 3.05) is 0 Å². The minimum atomic E-state index is -0.722. The Morgan fingerprint density at radius 3 is 2.76 bits per heavy atom. The summed E-state index contributed by atoms with van der Waals surface area (Å²) in [4.78, 5) is 16.8. The summed E-state index contributed by atoms with van der Waals surface area (Å²) in [5.74, 6) is -1.25. The van der Waals surface area contributed by atoms with Crippen molar-refractivity contribution in [2.24, 2.45) is 0 Å². The molecule has 0 unspecified atom stereocenters. The lowest BCUT2D eigenvalue weighted by Crippen LogP contribution is -2.21. The zero-order chi connectivity index (χ0) is 20.4. The molecule has 0 amide bonds. The first kappa shape index (κ1) is 19.1. The van der Waals surface area contributed by atoms with Crippen molar-refractivity contribution in [1.29, 1.82) is 0 Å². The fourth-order valence-electron chi connectivity index (χ4n) is 3.07. The molecular weight excluding hydrogens is 398 g/mol. The maximum Gasteiger partial charge on any atom is 0.273 e. The smallest absolute Gasteiger partial charge is 0.273 e. The molecule has 146 valence electrons. The summed E-state index contributed by atoms with van der Waals surface area (Å²) in [6.07, 6.45) is 5.04. The van der Waals surface area contributed by atoms with Crippen LogP contribution in [0.2, 0.25) is 5.02 Å². The SMILES string of the molecule is O=c1c(Cl)c(OCc2ccc(F)cc2F)ccn1Cc1cccc2cnccc12. The third kappa shape index (κ3) is 3.98. The largest absolute Gasteiger partial charge is 0.487 e. The third-order valence-corrected chi connectivity index (χ3v) is 4.93. The lowest BCUT2D eigenvalue weighted by Gasteiger charge is -2.12. The molecule has 4 nitrogen and oxygen atoms in total. The van der Waals surface area contributed by atoms with Crippen LogP contribution in [0.5, 0.6) is 5.75 Å². The van der Waals surface area contributed by atoms with Crippen molar-refractivity contribution in [3.63, 3.8) is 0 Å². The zero-order valence-corrected chi connectivity index (χ0v) is 15.9. The van der Waals surface area contributed by atoms with E-state index in [1.165, 1.54) is 10.6 Å². The van der Waals surface area contributed by atoms with Gasteiger partial charge in [0.15, 0.2) is 0 Å². The molecule has 2 aromatic heterocycles. The summed E-state index contributed by atoms with van der Waals surface area (Å²) in [7, 11) is 0. The molecule has 0 bridgehead atoms. The maximum atomic E-state index is 13.7. The van der Waals surface area contributed by atoms with Gasteiger partial charge in [0.1, 0.15) is 29.0 Å². The van der Waals surface area contributed by atoms with E-state index in [4.69, 9.17) is 16.3 Å². The van der Waals surface area contributed by atoms with Crippen LogP contribution in [-0.2, 0) is 13.2 Å². The molecule has 0 N–H and O–H groups in total. The van der Waals surface area contributed by atoms with Gasteiger partial charge in [0.25, 0.3) is 5.56 Å². The lowest BCUT2D eigenvalue weighted by atomic mass is 10.1. The highest BCUT2D eigenvalue weighted by Gasteiger charge is 2.12. The number of aromatic nitrogens is 2. The molecule has 29 heavy (non-hydrogen) atoms. The molecule has 0 saturated carbocycles. The lowest BCUT2D eigenvalue weighted by molar-refractivity contribution is 0.298. The summed E-state index contributed by atoms with van der Waals surface area (Å²) in [6.45, 7) is 0.151. The van der Waals surface area contributed by atoms with E-state index in [0.717, 1.165) is 28.5 Å². The first-order chi connectivity index (χ1) is 14.0. The third-order valence-electron chi connectivity index (χ3n) is 4.58. The molecule has 2 aromatic carbocycles. The van der Waals surface area contributed by atoms with Gasteiger partial charge in [0.05, 0.1) is 6.54 Å². The second-order valence-corrected chi connectivity index (χ2v) is 6.84. The average Bonchev–Trinajstić information content (AvgIpc) is 2.72. The first-order valence-electron chi connectivity index (χ1n) is 8.80. The van der Waals surface area contributed by atoms with Gasteiger partial charge in [-0.1, -0.05) is 29.8 Å². The van der Waals surface area contributed by atoms with Crippen LogP contribution in [0.3, 0.4) is 0 Å². The Morgan fingerprint density at radius 2 is 1.93 bits per heavy atom. The van der Waals surface area contributed by atoms with Crippen LogP contribution in [0.4, 0.5) is 8.78 Å². The zero-order valence-electron chi connectivity index (χ0n) is 15.1. The van der Waals surface area contributed by atoms with Gasteiger partial charge < -0.3 is 9.30 Å². The molecule has 0 aliphatic carbocycles. The minimum absolute atomic E-state index is 0.100. The van der Waals surface area contributed by atoms with Crippen molar-refractivity contribution in [1.82, 2.24) is 9.55 Å². The fourth-order valence-corrected chi connectivity index (χ4v) is 3.30. The molecule has 2 heterocycles. The van der Waals surface area contributed by atoms with Gasteiger partial charge in [-0.05, 0) is 35.2 Å². The highest BCUT2D eigenvalue weighted by Crippen LogP contribution is 2.23. The Labute approximate surface area is 170 Å². The molecule has 0 saturated heterocycles. The topological polar surface area (TPSA) is 44.1 Å². The molecule has 0 atom stereocenters. The molecule has 0 spiro atoms. The number of pyridine rings is 2. The van der Waals surface area contributed by atoms with E-state index in [-0.39, 0.29) is 22.9 Å². The van der Waals surface area contributed by atoms with E-state index >= 15 is 0 Å². The molecule has 0 aliphatic heterocycles. The van der Waals surface area contributed by atoms with Crippen LogP contribution in [0.1, 0.15) is 11.1 Å². The monoisotopic (exact) mass is 412 g/mol. The molecule has 0 fully saturated rings. The summed E-state index contributed by atoms with van der Waals surface area (Å²) >= 11 is 6.19. The summed E-state index contributed by atoms with van der Waals surface area (Å²) in [5.41, 5.74) is 0.691. The van der Waals surface area contributed by atoms with E-state index in [1.54, 1.807) is 24.7 Å².